The molecule has 0 spiro atoms. The van der Waals surface area contributed by atoms with E-state index in [0.717, 1.165) is 8.95 Å². The van der Waals surface area contributed by atoms with Gasteiger partial charge in [-0.3, -0.25) is 9.78 Å². The Bertz CT molecular complexity index is 585. The lowest BCUT2D eigenvalue weighted by atomic mass is 10.3. The summed E-state index contributed by atoms with van der Waals surface area (Å²) in [7, 11) is 0. The van der Waals surface area contributed by atoms with Crippen LogP contribution in [0.2, 0.25) is 0 Å². The third kappa shape index (κ3) is 3.14. The molecule has 0 aromatic carbocycles. The Morgan fingerprint density at radius 2 is 2.22 bits per heavy atom. The summed E-state index contributed by atoms with van der Waals surface area (Å²) in [4.78, 5) is 18.7. The Kier molecular flexibility index (Phi) is 4.07. The van der Waals surface area contributed by atoms with Crippen LogP contribution in [0, 0.1) is 0 Å². The van der Waals surface area contributed by atoms with E-state index in [9.17, 15) is 4.79 Å². The van der Waals surface area contributed by atoms with Crippen LogP contribution in [0.1, 0.15) is 12.3 Å². The summed E-state index contributed by atoms with van der Waals surface area (Å²) in [6.45, 7) is 0. The van der Waals surface area contributed by atoms with Crippen molar-refractivity contribution in [1.82, 2.24) is 15.1 Å². The first-order chi connectivity index (χ1) is 8.56. The van der Waals surface area contributed by atoms with Crippen LogP contribution in [0.5, 0.6) is 0 Å². The highest BCUT2D eigenvalue weighted by Gasteiger charge is 2.14. The summed E-state index contributed by atoms with van der Waals surface area (Å²) in [5.74, 6) is -0.295. The second-order valence-electron chi connectivity index (χ2n) is 3.39. The van der Waals surface area contributed by atoms with Gasteiger partial charge in [-0.1, -0.05) is 5.16 Å². The molecule has 1 N–H and O–H groups in total. The van der Waals surface area contributed by atoms with Gasteiger partial charge in [0.2, 0.25) is 11.7 Å². The van der Waals surface area contributed by atoms with Crippen LogP contribution in [0.15, 0.2) is 25.7 Å². The van der Waals surface area contributed by atoms with E-state index in [1.807, 2.05) is 6.07 Å². The van der Waals surface area contributed by atoms with Crippen LogP contribution in [0.4, 0.5) is 0 Å². The summed E-state index contributed by atoms with van der Waals surface area (Å²) in [5, 5.41) is 12.3. The fraction of sp³-hybridized carbons (Fsp3) is 0.200. The highest BCUT2D eigenvalue weighted by Crippen LogP contribution is 2.26. The van der Waals surface area contributed by atoms with Crippen LogP contribution in [-0.2, 0) is 11.2 Å². The molecule has 0 radical (unpaired) electrons. The number of rotatable bonds is 4. The van der Waals surface area contributed by atoms with Crippen LogP contribution in [-0.4, -0.2) is 26.2 Å². The van der Waals surface area contributed by atoms with Crippen molar-refractivity contribution in [3.8, 4) is 11.5 Å². The zero-order valence-electron chi connectivity index (χ0n) is 8.93. The molecular formula is C10H7Br2N3O3. The van der Waals surface area contributed by atoms with E-state index in [2.05, 4.69) is 47.0 Å². The quantitative estimate of drug-likeness (QED) is 0.882. The van der Waals surface area contributed by atoms with E-state index < -0.39 is 5.97 Å². The normalized spacial score (nSPS) is 10.6. The van der Waals surface area contributed by atoms with E-state index in [-0.39, 0.29) is 18.7 Å². The third-order valence-electron chi connectivity index (χ3n) is 2.04. The molecular weight excluding hydrogens is 370 g/mol. The summed E-state index contributed by atoms with van der Waals surface area (Å²) in [6.07, 6.45) is 1.78. The number of carboxylic acids is 1. The zero-order valence-corrected chi connectivity index (χ0v) is 12.1. The molecule has 2 heterocycles. The molecule has 0 unspecified atom stereocenters. The van der Waals surface area contributed by atoms with Gasteiger partial charge in [0.25, 0.3) is 0 Å². The minimum Gasteiger partial charge on any atom is -0.481 e. The maximum Gasteiger partial charge on any atom is 0.303 e. The van der Waals surface area contributed by atoms with Crippen molar-refractivity contribution in [2.24, 2.45) is 0 Å². The molecule has 0 aliphatic carbocycles. The molecule has 94 valence electrons. The van der Waals surface area contributed by atoms with E-state index >= 15 is 0 Å². The van der Waals surface area contributed by atoms with Gasteiger partial charge in [-0.15, -0.1) is 0 Å². The second kappa shape index (κ2) is 5.57. The number of pyridine rings is 1. The van der Waals surface area contributed by atoms with Gasteiger partial charge in [0.05, 0.1) is 6.42 Å². The summed E-state index contributed by atoms with van der Waals surface area (Å²) in [5.41, 5.74) is 0.545. The van der Waals surface area contributed by atoms with Gasteiger partial charge in [0.15, 0.2) is 0 Å². The van der Waals surface area contributed by atoms with Gasteiger partial charge in [-0.2, -0.15) is 4.98 Å². The average molecular weight is 377 g/mol. The Morgan fingerprint density at radius 3 is 2.89 bits per heavy atom. The fourth-order valence-corrected chi connectivity index (χ4v) is 2.41. The maximum absolute atomic E-state index is 10.4. The smallest absolute Gasteiger partial charge is 0.303 e. The SMILES string of the molecule is O=C(O)CCc1nc(-c2ncc(Br)cc2Br)no1. The zero-order chi connectivity index (χ0) is 13.1. The molecule has 2 aromatic heterocycles. The molecule has 0 bridgehead atoms. The molecule has 0 aliphatic heterocycles. The number of hydrogen-bond donors (Lipinski definition) is 1. The molecule has 8 heteroatoms. The van der Waals surface area contributed by atoms with Gasteiger partial charge in [-0.05, 0) is 37.9 Å². The van der Waals surface area contributed by atoms with E-state index in [1.165, 1.54) is 0 Å². The lowest BCUT2D eigenvalue weighted by Crippen LogP contribution is -1.97. The standard InChI is InChI=1S/C10H7Br2N3O3/c11-5-3-6(12)9(13-4-5)10-14-7(18-15-10)1-2-8(16)17/h3-4H,1-2H2,(H,16,17). The number of hydrogen-bond acceptors (Lipinski definition) is 5. The van der Waals surface area contributed by atoms with Gasteiger partial charge in [0, 0.05) is 21.6 Å². The maximum atomic E-state index is 10.4. The molecule has 6 nitrogen and oxygen atoms in total. The largest absolute Gasteiger partial charge is 0.481 e. The van der Waals surface area contributed by atoms with Crippen LogP contribution in [0.25, 0.3) is 11.5 Å². The molecule has 2 rings (SSSR count). The first kappa shape index (κ1) is 13.2. The first-order valence-corrected chi connectivity index (χ1v) is 6.50. The number of aliphatic carboxylic acids is 1. The number of halogens is 2. The lowest BCUT2D eigenvalue weighted by molar-refractivity contribution is -0.137. The molecule has 0 amide bonds. The second-order valence-corrected chi connectivity index (χ2v) is 5.16. The molecule has 0 aliphatic rings. The number of nitrogens with zero attached hydrogens (tertiary/aromatic N) is 3. The van der Waals surface area contributed by atoms with Crippen molar-refractivity contribution in [3.63, 3.8) is 0 Å². The number of carbonyl (C=O) groups is 1. The number of aromatic nitrogens is 3. The van der Waals surface area contributed by atoms with Gasteiger partial charge in [0.1, 0.15) is 5.69 Å². The van der Waals surface area contributed by atoms with Gasteiger partial charge >= 0.3 is 5.97 Å². The topological polar surface area (TPSA) is 89.1 Å². The van der Waals surface area contributed by atoms with Crippen molar-refractivity contribution >= 4 is 37.8 Å². The first-order valence-electron chi connectivity index (χ1n) is 4.92. The van der Waals surface area contributed by atoms with E-state index in [4.69, 9.17) is 9.63 Å². The summed E-state index contributed by atoms with van der Waals surface area (Å²) >= 11 is 6.64. The molecule has 0 fully saturated rings. The van der Waals surface area contributed by atoms with Gasteiger partial charge < -0.3 is 9.63 Å². The third-order valence-corrected chi connectivity index (χ3v) is 3.08. The van der Waals surface area contributed by atoms with E-state index in [1.54, 1.807) is 6.20 Å². The number of carboxylic acid groups (broad SMARTS) is 1. The lowest BCUT2D eigenvalue weighted by Gasteiger charge is -1.97. The summed E-state index contributed by atoms with van der Waals surface area (Å²) in [6, 6.07) is 1.82. The van der Waals surface area contributed by atoms with Crippen LogP contribution < -0.4 is 0 Å². The van der Waals surface area contributed by atoms with E-state index in [0.29, 0.717) is 11.5 Å². The van der Waals surface area contributed by atoms with Gasteiger partial charge in [-0.25, -0.2) is 0 Å². The van der Waals surface area contributed by atoms with Crippen molar-refractivity contribution in [3.05, 3.63) is 27.1 Å². The Hall–Kier alpha value is -1.28. The minimum absolute atomic E-state index is 0.0451. The fourth-order valence-electron chi connectivity index (χ4n) is 1.25. The van der Waals surface area contributed by atoms with Crippen molar-refractivity contribution in [1.29, 1.82) is 0 Å². The van der Waals surface area contributed by atoms with Crippen LogP contribution >= 0.6 is 31.9 Å². The Labute approximate surface area is 119 Å². The van der Waals surface area contributed by atoms with Crippen molar-refractivity contribution < 1.29 is 14.4 Å². The Morgan fingerprint density at radius 1 is 1.44 bits per heavy atom. The molecule has 18 heavy (non-hydrogen) atoms. The predicted octanol–water partition coefficient (Wildman–Crippen LogP) is 2.67. The molecule has 0 atom stereocenters. The predicted molar refractivity (Wildman–Crippen MR) is 68.9 cm³/mol. The monoisotopic (exact) mass is 375 g/mol. The summed E-state index contributed by atoms with van der Waals surface area (Å²) < 4.78 is 6.51. The Balaban J connectivity index is 2.21. The average Bonchev–Trinajstić information content (AvgIpc) is 2.75. The highest BCUT2D eigenvalue weighted by atomic mass is 79.9. The molecule has 0 saturated carbocycles. The van der Waals surface area contributed by atoms with Crippen molar-refractivity contribution in [2.45, 2.75) is 12.8 Å². The van der Waals surface area contributed by atoms with Crippen LogP contribution in [0.3, 0.4) is 0 Å². The molecule has 2 aromatic rings. The minimum atomic E-state index is -0.905. The van der Waals surface area contributed by atoms with Crippen molar-refractivity contribution in [2.75, 3.05) is 0 Å². The number of aryl methyl sites for hydroxylation is 1. The highest BCUT2D eigenvalue weighted by molar-refractivity contribution is 9.11. The molecule has 0 saturated heterocycles.